The van der Waals surface area contributed by atoms with Crippen molar-refractivity contribution < 1.29 is 22.5 Å². The molecule has 1 aromatic heterocycles. The van der Waals surface area contributed by atoms with Crippen LogP contribution < -0.4 is 5.73 Å². The molecule has 0 aliphatic carbocycles. The van der Waals surface area contributed by atoms with E-state index < -0.39 is 17.5 Å². The van der Waals surface area contributed by atoms with Gasteiger partial charge in [0.25, 0.3) is 0 Å². The van der Waals surface area contributed by atoms with Crippen LogP contribution in [0.15, 0.2) is 10.6 Å². The lowest BCUT2D eigenvalue weighted by atomic mass is 9.89. The lowest BCUT2D eigenvalue weighted by Crippen LogP contribution is -2.35. The smallest absolute Gasteiger partial charge is 0.369 e. The van der Waals surface area contributed by atoms with Crippen LogP contribution in [0.5, 0.6) is 0 Å². The Morgan fingerprint density at radius 2 is 2.06 bits per heavy atom. The number of amides is 1. The Hall–Kier alpha value is -1.53. The van der Waals surface area contributed by atoms with Crippen LogP contribution in [-0.4, -0.2) is 17.2 Å². The van der Waals surface area contributed by atoms with Gasteiger partial charge in [-0.2, -0.15) is 13.2 Å². The van der Waals surface area contributed by atoms with E-state index >= 15 is 0 Å². The molecule has 0 aromatic carbocycles. The largest absolute Gasteiger partial charge is 0.401 e. The molecule has 1 aromatic rings. The number of hydrogen-bond acceptors (Lipinski definition) is 3. The van der Waals surface area contributed by atoms with Crippen molar-refractivity contribution >= 4 is 5.91 Å². The van der Waals surface area contributed by atoms with Gasteiger partial charge in [0, 0.05) is 6.07 Å². The first-order valence-electron chi connectivity index (χ1n) is 4.45. The minimum absolute atomic E-state index is 0.0971. The van der Waals surface area contributed by atoms with Crippen LogP contribution in [0, 0.1) is 0 Å². The molecule has 1 amide bonds. The third kappa shape index (κ3) is 2.34. The molecule has 0 bridgehead atoms. The Morgan fingerprint density at radius 1 is 1.50 bits per heavy atom. The van der Waals surface area contributed by atoms with E-state index in [1.165, 1.54) is 0 Å². The Bertz CT molecular complexity index is 396. The van der Waals surface area contributed by atoms with Crippen LogP contribution in [-0.2, 0) is 16.6 Å². The lowest BCUT2D eigenvalue weighted by Gasteiger charge is -2.24. The maximum Gasteiger partial charge on any atom is 0.401 e. The minimum atomic E-state index is -4.45. The Balaban J connectivity index is 2.98. The number of aromatic nitrogens is 1. The molecule has 0 saturated heterocycles. The van der Waals surface area contributed by atoms with E-state index in [2.05, 4.69) is 9.68 Å². The number of hydrogen-bond donors (Lipinski definition) is 1. The van der Waals surface area contributed by atoms with Crippen molar-refractivity contribution in [3.05, 3.63) is 17.5 Å². The summed E-state index contributed by atoms with van der Waals surface area (Å²) in [7, 11) is 0. The molecule has 0 aliphatic rings. The molecule has 16 heavy (non-hydrogen) atoms. The standard InChI is InChI=1S/C9H11F3N2O2/c1-8(2,9(10,11)12)6-3-5(14-16-6)4-7(13)15/h3H,4H2,1-2H3,(H2,13,15). The van der Waals surface area contributed by atoms with E-state index in [-0.39, 0.29) is 17.9 Å². The number of alkyl halides is 3. The van der Waals surface area contributed by atoms with Gasteiger partial charge < -0.3 is 10.3 Å². The van der Waals surface area contributed by atoms with E-state index in [0.717, 1.165) is 19.9 Å². The van der Waals surface area contributed by atoms with Gasteiger partial charge in [-0.15, -0.1) is 0 Å². The van der Waals surface area contributed by atoms with Crippen LogP contribution >= 0.6 is 0 Å². The van der Waals surface area contributed by atoms with Crippen molar-refractivity contribution in [2.24, 2.45) is 5.73 Å². The minimum Gasteiger partial charge on any atom is -0.369 e. The second-order valence-corrected chi connectivity index (χ2v) is 3.95. The van der Waals surface area contributed by atoms with Crippen molar-refractivity contribution in [1.82, 2.24) is 5.16 Å². The molecule has 0 fully saturated rings. The van der Waals surface area contributed by atoms with Gasteiger partial charge >= 0.3 is 6.18 Å². The van der Waals surface area contributed by atoms with Crippen molar-refractivity contribution in [2.45, 2.75) is 31.9 Å². The number of rotatable bonds is 3. The van der Waals surface area contributed by atoms with Crippen LogP contribution in [0.1, 0.15) is 25.3 Å². The second-order valence-electron chi connectivity index (χ2n) is 3.95. The average molecular weight is 236 g/mol. The summed E-state index contributed by atoms with van der Waals surface area (Å²) in [5, 5.41) is 3.36. The van der Waals surface area contributed by atoms with Gasteiger partial charge in [-0.05, 0) is 13.8 Å². The second kappa shape index (κ2) is 3.80. The first-order chi connectivity index (χ1) is 7.14. The van der Waals surface area contributed by atoms with Gasteiger partial charge in [0.15, 0.2) is 5.76 Å². The zero-order chi connectivity index (χ0) is 12.6. The van der Waals surface area contributed by atoms with Crippen molar-refractivity contribution in [3.63, 3.8) is 0 Å². The number of halogens is 3. The van der Waals surface area contributed by atoms with Crippen LogP contribution in [0.3, 0.4) is 0 Å². The lowest BCUT2D eigenvalue weighted by molar-refractivity contribution is -0.185. The molecule has 1 heterocycles. The summed E-state index contributed by atoms with van der Waals surface area (Å²) in [6, 6.07) is 1.10. The monoisotopic (exact) mass is 236 g/mol. The van der Waals surface area contributed by atoms with Crippen molar-refractivity contribution in [2.75, 3.05) is 0 Å². The van der Waals surface area contributed by atoms with Gasteiger partial charge in [-0.25, -0.2) is 0 Å². The highest BCUT2D eigenvalue weighted by Gasteiger charge is 2.51. The summed E-state index contributed by atoms with van der Waals surface area (Å²) in [5.74, 6) is -1.01. The molecule has 2 N–H and O–H groups in total. The van der Waals surface area contributed by atoms with Gasteiger partial charge in [0.1, 0.15) is 5.41 Å². The Morgan fingerprint density at radius 3 is 2.50 bits per heavy atom. The highest BCUT2D eigenvalue weighted by molar-refractivity contribution is 5.76. The zero-order valence-corrected chi connectivity index (χ0v) is 8.76. The van der Waals surface area contributed by atoms with Crippen molar-refractivity contribution in [3.8, 4) is 0 Å². The fourth-order valence-corrected chi connectivity index (χ4v) is 1.01. The van der Waals surface area contributed by atoms with Crippen molar-refractivity contribution in [1.29, 1.82) is 0 Å². The SMILES string of the molecule is CC(C)(c1cc(CC(N)=O)no1)C(F)(F)F. The number of nitrogens with two attached hydrogens (primary N) is 1. The van der Waals surface area contributed by atoms with Gasteiger partial charge in [-0.1, -0.05) is 5.16 Å². The molecule has 0 spiro atoms. The molecule has 0 saturated carbocycles. The van der Waals surface area contributed by atoms with E-state index in [1.54, 1.807) is 0 Å². The summed E-state index contributed by atoms with van der Waals surface area (Å²) in [4.78, 5) is 10.5. The molecular weight excluding hydrogens is 225 g/mol. The number of carbonyl (C=O) groups excluding carboxylic acids is 1. The number of nitrogens with zero attached hydrogens (tertiary/aromatic N) is 1. The molecular formula is C9H11F3N2O2. The molecule has 90 valence electrons. The maximum absolute atomic E-state index is 12.6. The fourth-order valence-electron chi connectivity index (χ4n) is 1.01. The van der Waals surface area contributed by atoms with Gasteiger partial charge in [0.05, 0.1) is 12.1 Å². The number of carbonyl (C=O) groups is 1. The molecule has 0 aliphatic heterocycles. The third-order valence-corrected chi connectivity index (χ3v) is 2.24. The van der Waals surface area contributed by atoms with E-state index in [9.17, 15) is 18.0 Å². The highest BCUT2D eigenvalue weighted by Crippen LogP contribution is 2.40. The summed E-state index contributed by atoms with van der Waals surface area (Å²) < 4.78 is 42.4. The van der Waals surface area contributed by atoms with E-state index in [1.807, 2.05) is 0 Å². The molecule has 0 unspecified atom stereocenters. The first kappa shape index (κ1) is 12.5. The van der Waals surface area contributed by atoms with Crippen LogP contribution in [0.2, 0.25) is 0 Å². The predicted octanol–water partition coefficient (Wildman–Crippen LogP) is 1.54. The fraction of sp³-hybridized carbons (Fsp3) is 0.556. The Kier molecular flexibility index (Phi) is 2.98. The summed E-state index contributed by atoms with van der Waals surface area (Å²) in [5.41, 5.74) is 2.84. The molecule has 0 atom stereocenters. The summed E-state index contributed by atoms with van der Waals surface area (Å²) in [6.45, 7) is 1.95. The molecule has 1 rings (SSSR count). The highest BCUT2D eigenvalue weighted by atomic mass is 19.4. The van der Waals surface area contributed by atoms with Gasteiger partial charge in [0.2, 0.25) is 5.91 Å². The molecule has 4 nitrogen and oxygen atoms in total. The number of primary amides is 1. The average Bonchev–Trinajstić information content (AvgIpc) is 2.49. The van der Waals surface area contributed by atoms with Gasteiger partial charge in [-0.3, -0.25) is 4.79 Å². The maximum atomic E-state index is 12.6. The summed E-state index contributed by atoms with van der Waals surface area (Å²) >= 11 is 0. The van der Waals surface area contributed by atoms with E-state index in [4.69, 9.17) is 5.73 Å². The first-order valence-corrected chi connectivity index (χ1v) is 4.45. The quantitative estimate of drug-likeness (QED) is 0.865. The van der Waals surface area contributed by atoms with Crippen LogP contribution in [0.25, 0.3) is 0 Å². The molecule has 7 heteroatoms. The topological polar surface area (TPSA) is 69.1 Å². The normalized spacial score (nSPS) is 12.8. The van der Waals surface area contributed by atoms with E-state index in [0.29, 0.717) is 0 Å². The Labute approximate surface area is 89.6 Å². The summed E-state index contributed by atoms with van der Waals surface area (Å²) in [6.07, 6.45) is -4.69. The molecule has 0 radical (unpaired) electrons. The van der Waals surface area contributed by atoms with Crippen LogP contribution in [0.4, 0.5) is 13.2 Å². The zero-order valence-electron chi connectivity index (χ0n) is 8.76. The third-order valence-electron chi connectivity index (χ3n) is 2.24. The predicted molar refractivity (Wildman–Crippen MR) is 48.5 cm³/mol.